The van der Waals surface area contributed by atoms with E-state index in [0.717, 1.165) is 25.0 Å². The number of nitrogens with two attached hydrogens (primary N) is 1. The van der Waals surface area contributed by atoms with Gasteiger partial charge in [0.25, 0.3) is 0 Å². The molecule has 0 aromatic rings. The van der Waals surface area contributed by atoms with Gasteiger partial charge in [-0.3, -0.25) is 0 Å². The third kappa shape index (κ3) is 3.72. The van der Waals surface area contributed by atoms with Crippen molar-refractivity contribution in [2.24, 2.45) is 5.73 Å². The fourth-order valence-electron chi connectivity index (χ4n) is 0.568. The molecule has 0 saturated carbocycles. The minimum Gasteiger partial charge on any atom is -0.402 e. The maximum Gasteiger partial charge on any atom is 0.00398 e. The lowest BCUT2D eigenvalue weighted by Crippen LogP contribution is -1.94. The summed E-state index contributed by atoms with van der Waals surface area (Å²) in [4.78, 5) is 0. The van der Waals surface area contributed by atoms with Gasteiger partial charge in [0.15, 0.2) is 0 Å². The fraction of sp³-hybridized carbons (Fsp3) is 0.571. The summed E-state index contributed by atoms with van der Waals surface area (Å²) in [5.41, 5.74) is 6.49. The highest BCUT2D eigenvalue weighted by Gasteiger charge is 1.82. The molecule has 0 aliphatic carbocycles. The SMILES string of the molecule is [CH2]CCC(N)=CCC. The van der Waals surface area contributed by atoms with Crippen LogP contribution < -0.4 is 5.73 Å². The van der Waals surface area contributed by atoms with Gasteiger partial charge < -0.3 is 5.73 Å². The molecule has 0 bridgehead atoms. The summed E-state index contributed by atoms with van der Waals surface area (Å²) in [7, 11) is 0. The molecule has 0 spiro atoms. The van der Waals surface area contributed by atoms with Crippen molar-refractivity contribution in [3.05, 3.63) is 18.7 Å². The van der Waals surface area contributed by atoms with E-state index < -0.39 is 0 Å². The normalized spacial score (nSPS) is 12.0. The second kappa shape index (κ2) is 4.69. The van der Waals surface area contributed by atoms with Crippen molar-refractivity contribution in [2.75, 3.05) is 0 Å². The summed E-state index contributed by atoms with van der Waals surface area (Å²) in [5.74, 6) is 0. The molecule has 0 aromatic heterocycles. The molecule has 1 radical (unpaired) electrons. The smallest absolute Gasteiger partial charge is 0.00398 e. The minimum absolute atomic E-state index is 0.905. The van der Waals surface area contributed by atoms with E-state index in [4.69, 9.17) is 5.73 Å². The Morgan fingerprint density at radius 1 is 1.75 bits per heavy atom. The molecule has 1 nitrogen and oxygen atoms in total. The predicted molar refractivity (Wildman–Crippen MR) is 37.2 cm³/mol. The maximum atomic E-state index is 5.52. The van der Waals surface area contributed by atoms with Gasteiger partial charge in [0.2, 0.25) is 0 Å². The van der Waals surface area contributed by atoms with Crippen LogP contribution in [0.5, 0.6) is 0 Å². The molecule has 0 rings (SSSR count). The molecule has 1 heteroatoms. The van der Waals surface area contributed by atoms with Crippen molar-refractivity contribution < 1.29 is 0 Å². The first kappa shape index (κ1) is 7.54. The third-order valence-electron chi connectivity index (χ3n) is 0.932. The van der Waals surface area contributed by atoms with E-state index in [1.54, 1.807) is 0 Å². The molecule has 0 saturated heterocycles. The Kier molecular flexibility index (Phi) is 4.42. The van der Waals surface area contributed by atoms with Gasteiger partial charge in [0, 0.05) is 5.70 Å². The third-order valence-corrected chi connectivity index (χ3v) is 0.932. The molecule has 0 aromatic carbocycles. The number of hydrogen-bond acceptors (Lipinski definition) is 1. The lowest BCUT2D eigenvalue weighted by Gasteiger charge is -1.93. The molecule has 0 heterocycles. The van der Waals surface area contributed by atoms with Crippen LogP contribution in [0.15, 0.2) is 11.8 Å². The molecular weight excluding hydrogens is 98.1 g/mol. The van der Waals surface area contributed by atoms with Crippen molar-refractivity contribution in [1.82, 2.24) is 0 Å². The van der Waals surface area contributed by atoms with Gasteiger partial charge in [0.1, 0.15) is 0 Å². The molecule has 0 amide bonds. The van der Waals surface area contributed by atoms with Gasteiger partial charge in [-0.1, -0.05) is 19.9 Å². The molecule has 2 N–H and O–H groups in total. The van der Waals surface area contributed by atoms with Gasteiger partial charge in [-0.25, -0.2) is 0 Å². The summed E-state index contributed by atoms with van der Waals surface area (Å²) in [6, 6.07) is 0. The Morgan fingerprint density at radius 2 is 2.38 bits per heavy atom. The Labute approximate surface area is 51.6 Å². The van der Waals surface area contributed by atoms with Crippen molar-refractivity contribution >= 4 is 0 Å². The monoisotopic (exact) mass is 112 g/mol. The summed E-state index contributed by atoms with van der Waals surface area (Å²) in [6.07, 6.45) is 4.91. The van der Waals surface area contributed by atoms with E-state index in [0.29, 0.717) is 0 Å². The first-order valence-corrected chi connectivity index (χ1v) is 3.05. The molecule has 47 valence electrons. The van der Waals surface area contributed by atoms with Gasteiger partial charge in [0.05, 0.1) is 0 Å². The summed E-state index contributed by atoms with van der Waals surface area (Å²) in [5, 5.41) is 0. The quantitative estimate of drug-likeness (QED) is 0.592. The molecule has 0 unspecified atom stereocenters. The van der Waals surface area contributed by atoms with E-state index in [-0.39, 0.29) is 0 Å². The topological polar surface area (TPSA) is 26.0 Å². The summed E-state index contributed by atoms with van der Waals surface area (Å²) < 4.78 is 0. The van der Waals surface area contributed by atoms with Crippen LogP contribution in [-0.4, -0.2) is 0 Å². The highest BCUT2D eigenvalue weighted by Crippen LogP contribution is 1.96. The highest BCUT2D eigenvalue weighted by molar-refractivity contribution is 4.95. The largest absolute Gasteiger partial charge is 0.402 e. The second-order valence-electron chi connectivity index (χ2n) is 1.79. The zero-order chi connectivity index (χ0) is 6.41. The van der Waals surface area contributed by atoms with Gasteiger partial charge >= 0.3 is 0 Å². The van der Waals surface area contributed by atoms with E-state index in [9.17, 15) is 0 Å². The summed E-state index contributed by atoms with van der Waals surface area (Å²) >= 11 is 0. The number of allylic oxidation sites excluding steroid dienone is 2. The lowest BCUT2D eigenvalue weighted by atomic mass is 10.2. The summed E-state index contributed by atoms with van der Waals surface area (Å²) in [6.45, 7) is 5.77. The lowest BCUT2D eigenvalue weighted by molar-refractivity contribution is 0.942. The molecule has 0 aliphatic heterocycles. The Bertz CT molecular complexity index is 74.5. The first-order chi connectivity index (χ1) is 3.81. The highest BCUT2D eigenvalue weighted by atomic mass is 14.6. The standard InChI is InChI=1S/C7H14N/c1-3-5-7(8)6-4-2/h6H,1,3-5,8H2,2H3. The molecular formula is C7H14N. The van der Waals surface area contributed by atoms with Gasteiger partial charge in [-0.15, -0.1) is 0 Å². The van der Waals surface area contributed by atoms with Crippen LogP contribution in [0.4, 0.5) is 0 Å². The van der Waals surface area contributed by atoms with E-state index >= 15 is 0 Å². The maximum absolute atomic E-state index is 5.52. The Morgan fingerprint density at radius 3 is 2.75 bits per heavy atom. The van der Waals surface area contributed by atoms with Crippen LogP contribution in [0.25, 0.3) is 0 Å². The first-order valence-electron chi connectivity index (χ1n) is 3.05. The van der Waals surface area contributed by atoms with Crippen LogP contribution >= 0.6 is 0 Å². The number of rotatable bonds is 3. The molecule has 0 aliphatic rings. The average Bonchev–Trinajstić information content (AvgIpc) is 1.68. The van der Waals surface area contributed by atoms with Crippen LogP contribution in [0.3, 0.4) is 0 Å². The molecule has 0 atom stereocenters. The van der Waals surface area contributed by atoms with Crippen molar-refractivity contribution in [1.29, 1.82) is 0 Å². The van der Waals surface area contributed by atoms with Crippen LogP contribution in [0.2, 0.25) is 0 Å². The van der Waals surface area contributed by atoms with Gasteiger partial charge in [-0.2, -0.15) is 0 Å². The fourth-order valence-corrected chi connectivity index (χ4v) is 0.568. The average molecular weight is 112 g/mol. The van der Waals surface area contributed by atoms with Crippen molar-refractivity contribution in [3.8, 4) is 0 Å². The number of hydrogen-bond donors (Lipinski definition) is 1. The zero-order valence-corrected chi connectivity index (χ0v) is 5.48. The van der Waals surface area contributed by atoms with E-state index in [2.05, 4.69) is 13.8 Å². The molecule has 8 heavy (non-hydrogen) atoms. The van der Waals surface area contributed by atoms with E-state index in [1.165, 1.54) is 0 Å². The van der Waals surface area contributed by atoms with Crippen LogP contribution in [0, 0.1) is 6.92 Å². The van der Waals surface area contributed by atoms with Crippen LogP contribution in [0.1, 0.15) is 26.2 Å². The van der Waals surface area contributed by atoms with Crippen molar-refractivity contribution in [2.45, 2.75) is 26.2 Å². The van der Waals surface area contributed by atoms with Gasteiger partial charge in [-0.05, 0) is 19.3 Å². The van der Waals surface area contributed by atoms with E-state index in [1.807, 2.05) is 6.08 Å². The van der Waals surface area contributed by atoms with Crippen LogP contribution in [-0.2, 0) is 0 Å². The Hall–Kier alpha value is -0.460. The zero-order valence-electron chi connectivity index (χ0n) is 5.48. The minimum atomic E-state index is 0.905. The Balaban J connectivity index is 3.29. The second-order valence-corrected chi connectivity index (χ2v) is 1.79. The molecule has 0 fully saturated rings. The van der Waals surface area contributed by atoms with Crippen molar-refractivity contribution in [3.63, 3.8) is 0 Å². The predicted octanol–water partition coefficient (Wildman–Crippen LogP) is 1.85.